The highest BCUT2D eigenvalue weighted by molar-refractivity contribution is 6.03. The minimum atomic E-state index is -0.0420. The molecule has 0 radical (unpaired) electrons. The van der Waals surface area contributed by atoms with Crippen molar-refractivity contribution in [2.24, 2.45) is 5.73 Å². The lowest BCUT2D eigenvalue weighted by Gasteiger charge is -2.31. The van der Waals surface area contributed by atoms with Crippen molar-refractivity contribution in [2.45, 2.75) is 44.2 Å². The van der Waals surface area contributed by atoms with Crippen LogP contribution in [0.1, 0.15) is 41.6 Å². The number of ether oxygens (including phenoxy) is 1. The number of hydrogen-bond donors (Lipinski definition) is 4. The lowest BCUT2D eigenvalue weighted by atomic mass is 9.90. The summed E-state index contributed by atoms with van der Waals surface area (Å²) in [5.74, 6) is 0.675. The SMILES string of the molecule is N[C@H]1CCCC[C@H]1Nc1cc2c(c(Nc3ccc(N4CCOCC4)cn3)c1)C(=O)NCC2. The molecule has 5 rings (SSSR count). The Morgan fingerprint density at radius 2 is 2.00 bits per heavy atom. The standard InChI is InChI=1S/C24H32N6O2/c25-19-3-1-2-4-20(19)28-17-13-16-7-8-26-24(31)23(16)21(14-17)29-22-6-5-18(15-27-22)30-9-11-32-12-10-30/h5-6,13-15,19-20,28H,1-4,7-12,25H2,(H,26,31)(H,27,29)/t19-,20+/m0/s1. The molecule has 5 N–H and O–H groups in total. The Kier molecular flexibility index (Phi) is 6.14. The maximum atomic E-state index is 12.7. The van der Waals surface area contributed by atoms with Gasteiger partial charge in [-0.25, -0.2) is 4.98 Å². The average Bonchev–Trinajstić information content (AvgIpc) is 2.82. The van der Waals surface area contributed by atoms with E-state index in [-0.39, 0.29) is 18.0 Å². The van der Waals surface area contributed by atoms with Crippen LogP contribution in [0.15, 0.2) is 30.5 Å². The largest absolute Gasteiger partial charge is 0.381 e. The topological polar surface area (TPSA) is 105 Å². The van der Waals surface area contributed by atoms with Gasteiger partial charge in [0.1, 0.15) is 5.82 Å². The number of morpholine rings is 1. The van der Waals surface area contributed by atoms with E-state index in [0.717, 1.165) is 68.2 Å². The highest BCUT2D eigenvalue weighted by atomic mass is 16.5. The average molecular weight is 437 g/mol. The first kappa shape index (κ1) is 21.0. The quantitative estimate of drug-likeness (QED) is 0.571. The van der Waals surface area contributed by atoms with Crippen LogP contribution in [0.25, 0.3) is 0 Å². The molecule has 2 atom stereocenters. The smallest absolute Gasteiger partial charge is 0.253 e. The van der Waals surface area contributed by atoms with Gasteiger partial charge >= 0.3 is 0 Å². The molecule has 32 heavy (non-hydrogen) atoms. The zero-order chi connectivity index (χ0) is 21.9. The summed E-state index contributed by atoms with van der Waals surface area (Å²) < 4.78 is 5.43. The summed E-state index contributed by atoms with van der Waals surface area (Å²) in [4.78, 5) is 19.6. The third-order valence-corrected chi connectivity index (χ3v) is 6.69. The maximum absolute atomic E-state index is 12.7. The molecule has 0 spiro atoms. The van der Waals surface area contributed by atoms with E-state index in [1.54, 1.807) is 0 Å². The van der Waals surface area contributed by atoms with Crippen LogP contribution in [0, 0.1) is 0 Å². The second kappa shape index (κ2) is 9.34. The minimum absolute atomic E-state index is 0.0420. The molecule has 3 aliphatic rings. The van der Waals surface area contributed by atoms with Crippen molar-refractivity contribution in [2.75, 3.05) is 48.4 Å². The Bertz CT molecular complexity index is 958. The number of nitrogens with one attached hydrogen (secondary N) is 3. The van der Waals surface area contributed by atoms with Gasteiger partial charge in [-0.05, 0) is 49.1 Å². The number of pyridine rings is 1. The molecule has 8 heteroatoms. The predicted octanol–water partition coefficient (Wildman–Crippen LogP) is 2.63. The number of amides is 1. The van der Waals surface area contributed by atoms with E-state index < -0.39 is 0 Å². The molecule has 1 saturated carbocycles. The summed E-state index contributed by atoms with van der Waals surface area (Å²) in [6, 6.07) is 8.58. The van der Waals surface area contributed by atoms with Crippen molar-refractivity contribution < 1.29 is 9.53 Å². The number of carbonyl (C=O) groups is 1. The Balaban J connectivity index is 1.39. The van der Waals surface area contributed by atoms with Crippen LogP contribution < -0.4 is 26.6 Å². The molecule has 1 amide bonds. The van der Waals surface area contributed by atoms with Gasteiger partial charge in [-0.3, -0.25) is 4.79 Å². The zero-order valence-corrected chi connectivity index (χ0v) is 18.4. The molecule has 1 aromatic carbocycles. The molecule has 1 aromatic heterocycles. The van der Waals surface area contributed by atoms with Gasteiger partial charge < -0.3 is 31.3 Å². The summed E-state index contributed by atoms with van der Waals surface area (Å²) in [6.07, 6.45) is 7.21. The highest BCUT2D eigenvalue weighted by Crippen LogP contribution is 2.32. The predicted molar refractivity (Wildman–Crippen MR) is 127 cm³/mol. The molecule has 2 aromatic rings. The third-order valence-electron chi connectivity index (χ3n) is 6.69. The summed E-state index contributed by atoms with van der Waals surface area (Å²) in [5.41, 5.74) is 11.0. The third kappa shape index (κ3) is 4.52. The Hall–Kier alpha value is -2.84. The fourth-order valence-electron chi connectivity index (χ4n) is 4.91. The van der Waals surface area contributed by atoms with Gasteiger partial charge in [-0.2, -0.15) is 0 Å². The van der Waals surface area contributed by atoms with Crippen LogP contribution in [-0.4, -0.2) is 55.8 Å². The first-order chi connectivity index (χ1) is 15.7. The van der Waals surface area contributed by atoms with E-state index in [0.29, 0.717) is 17.9 Å². The Morgan fingerprint density at radius 1 is 1.16 bits per heavy atom. The molecule has 2 fully saturated rings. The van der Waals surface area contributed by atoms with Crippen LogP contribution in [0.5, 0.6) is 0 Å². The van der Waals surface area contributed by atoms with Crippen LogP contribution in [0.3, 0.4) is 0 Å². The normalized spacial score (nSPS) is 23.3. The fourth-order valence-corrected chi connectivity index (χ4v) is 4.91. The number of benzene rings is 1. The first-order valence-electron chi connectivity index (χ1n) is 11.7. The molecule has 1 aliphatic carbocycles. The number of anilines is 4. The number of nitrogens with two attached hydrogens (primary N) is 1. The van der Waals surface area contributed by atoms with Gasteiger partial charge in [0.05, 0.1) is 36.3 Å². The number of nitrogens with zero attached hydrogens (tertiary/aromatic N) is 2. The van der Waals surface area contributed by atoms with Crippen molar-refractivity contribution in [3.05, 3.63) is 41.6 Å². The molecule has 0 unspecified atom stereocenters. The molecule has 0 bridgehead atoms. The van der Waals surface area contributed by atoms with Crippen LogP contribution in [-0.2, 0) is 11.2 Å². The van der Waals surface area contributed by atoms with Crippen molar-refractivity contribution >= 4 is 28.8 Å². The van der Waals surface area contributed by atoms with Gasteiger partial charge in [-0.1, -0.05) is 12.8 Å². The van der Waals surface area contributed by atoms with Crippen LogP contribution in [0.4, 0.5) is 22.9 Å². The number of rotatable bonds is 5. The summed E-state index contributed by atoms with van der Waals surface area (Å²) in [6.45, 7) is 3.89. The summed E-state index contributed by atoms with van der Waals surface area (Å²) in [5, 5.41) is 10.00. The molecular formula is C24H32N6O2. The van der Waals surface area contributed by atoms with E-state index in [1.807, 2.05) is 18.3 Å². The molecule has 2 aliphatic heterocycles. The van der Waals surface area contributed by atoms with Crippen molar-refractivity contribution in [3.63, 3.8) is 0 Å². The second-order valence-corrected chi connectivity index (χ2v) is 8.89. The summed E-state index contributed by atoms with van der Waals surface area (Å²) in [7, 11) is 0. The van der Waals surface area contributed by atoms with E-state index in [9.17, 15) is 4.79 Å². The molecule has 170 valence electrons. The van der Waals surface area contributed by atoms with Gasteiger partial charge in [-0.15, -0.1) is 0 Å². The van der Waals surface area contributed by atoms with Gasteiger partial charge in [0.25, 0.3) is 5.91 Å². The van der Waals surface area contributed by atoms with Gasteiger partial charge in [0.15, 0.2) is 0 Å². The Labute approximate surface area is 188 Å². The van der Waals surface area contributed by atoms with E-state index in [1.165, 1.54) is 12.8 Å². The molecule has 3 heterocycles. The first-order valence-corrected chi connectivity index (χ1v) is 11.7. The van der Waals surface area contributed by atoms with Crippen LogP contribution >= 0.6 is 0 Å². The lowest BCUT2D eigenvalue weighted by molar-refractivity contribution is 0.0947. The molecular weight excluding hydrogens is 404 g/mol. The van der Waals surface area contributed by atoms with Crippen LogP contribution in [0.2, 0.25) is 0 Å². The monoisotopic (exact) mass is 436 g/mol. The molecule has 8 nitrogen and oxygen atoms in total. The minimum Gasteiger partial charge on any atom is -0.381 e. The van der Waals surface area contributed by atoms with Crippen molar-refractivity contribution in [3.8, 4) is 0 Å². The van der Waals surface area contributed by atoms with Crippen molar-refractivity contribution in [1.29, 1.82) is 0 Å². The van der Waals surface area contributed by atoms with Gasteiger partial charge in [0.2, 0.25) is 0 Å². The fraction of sp³-hybridized carbons (Fsp3) is 0.500. The van der Waals surface area contributed by atoms with E-state index >= 15 is 0 Å². The number of fused-ring (bicyclic) bond motifs is 1. The number of hydrogen-bond acceptors (Lipinski definition) is 7. The number of carbonyl (C=O) groups excluding carboxylic acids is 1. The van der Waals surface area contributed by atoms with E-state index in [2.05, 4.69) is 38.0 Å². The lowest BCUT2D eigenvalue weighted by Crippen LogP contribution is -2.42. The highest BCUT2D eigenvalue weighted by Gasteiger charge is 2.25. The summed E-state index contributed by atoms with van der Waals surface area (Å²) >= 11 is 0. The Morgan fingerprint density at radius 3 is 2.78 bits per heavy atom. The maximum Gasteiger partial charge on any atom is 0.253 e. The second-order valence-electron chi connectivity index (χ2n) is 8.89. The zero-order valence-electron chi connectivity index (χ0n) is 18.4. The molecule has 1 saturated heterocycles. The number of aromatic nitrogens is 1. The van der Waals surface area contributed by atoms with Gasteiger partial charge in [0, 0.05) is 37.4 Å². The van der Waals surface area contributed by atoms with E-state index in [4.69, 9.17) is 10.5 Å². The van der Waals surface area contributed by atoms with Crippen molar-refractivity contribution in [1.82, 2.24) is 10.3 Å².